The molecule has 4 aromatic rings. The van der Waals surface area contributed by atoms with Gasteiger partial charge in [0, 0.05) is 29.8 Å². The minimum Gasteiger partial charge on any atom is -0.383 e. The summed E-state index contributed by atoms with van der Waals surface area (Å²) < 4.78 is 5.30. The number of thiophene rings is 1. The van der Waals surface area contributed by atoms with Gasteiger partial charge in [0.2, 0.25) is 5.91 Å². The smallest absolute Gasteiger partial charge is 0.254 e. The van der Waals surface area contributed by atoms with E-state index in [4.69, 9.17) is 4.74 Å². The highest BCUT2D eigenvalue weighted by molar-refractivity contribution is 7.10. The molecule has 0 fully saturated rings. The predicted molar refractivity (Wildman–Crippen MR) is 143 cm³/mol. The van der Waals surface area contributed by atoms with E-state index in [9.17, 15) is 9.59 Å². The third-order valence-electron chi connectivity index (χ3n) is 6.56. The van der Waals surface area contributed by atoms with Crippen molar-refractivity contribution in [1.82, 2.24) is 4.90 Å². The number of amides is 2. The van der Waals surface area contributed by atoms with Crippen LogP contribution in [-0.4, -0.2) is 37.0 Å². The second kappa shape index (κ2) is 10.9. The number of methoxy groups -OCH3 is 1. The molecule has 36 heavy (non-hydrogen) atoms. The maximum Gasteiger partial charge on any atom is 0.254 e. The van der Waals surface area contributed by atoms with Crippen molar-refractivity contribution in [3.05, 3.63) is 124 Å². The molecule has 2 amide bonds. The summed E-state index contributed by atoms with van der Waals surface area (Å²) in [6.45, 7) is 0.803. The number of nitrogens with one attached hydrogen (secondary N) is 1. The first-order valence-electron chi connectivity index (χ1n) is 12.0. The maximum absolute atomic E-state index is 13.9. The molecule has 1 aromatic heterocycles. The van der Waals surface area contributed by atoms with Crippen LogP contribution in [0.3, 0.4) is 0 Å². The van der Waals surface area contributed by atoms with E-state index in [1.165, 1.54) is 11.1 Å². The molecule has 0 saturated heterocycles. The standard InChI is InChI=1S/C30H28N2O3S/c1-35-18-17-32-28(26-12-7-19-36-26)27(24-10-5-6-11-25(24)30(32)34)29(33)31-23-15-13-22(14-16-23)20-21-8-3-2-4-9-21/h2-16,19,27-28H,17-18,20H2,1H3,(H,31,33). The van der Waals surface area contributed by atoms with Gasteiger partial charge >= 0.3 is 0 Å². The molecule has 0 spiro atoms. The van der Waals surface area contributed by atoms with Crippen LogP contribution >= 0.6 is 11.3 Å². The molecule has 5 rings (SSSR count). The average molecular weight is 497 g/mol. The summed E-state index contributed by atoms with van der Waals surface area (Å²) in [7, 11) is 1.62. The average Bonchev–Trinajstić information content (AvgIpc) is 3.44. The molecule has 182 valence electrons. The third kappa shape index (κ3) is 4.96. The fraction of sp³-hybridized carbons (Fsp3) is 0.200. The Labute approximate surface area is 215 Å². The van der Waals surface area contributed by atoms with Crippen LogP contribution in [0.15, 0.2) is 96.4 Å². The minimum atomic E-state index is -0.543. The van der Waals surface area contributed by atoms with Gasteiger partial charge in [0.1, 0.15) is 0 Å². The lowest BCUT2D eigenvalue weighted by Gasteiger charge is -2.41. The van der Waals surface area contributed by atoms with E-state index in [0.29, 0.717) is 18.7 Å². The predicted octanol–water partition coefficient (Wildman–Crippen LogP) is 5.90. The number of ether oxygens (including phenoxy) is 1. The van der Waals surface area contributed by atoms with E-state index in [2.05, 4.69) is 17.4 Å². The van der Waals surface area contributed by atoms with Gasteiger partial charge in [-0.3, -0.25) is 9.59 Å². The molecule has 0 aliphatic carbocycles. The summed E-state index contributed by atoms with van der Waals surface area (Å²) in [6, 6.07) is 29.3. The number of fused-ring (bicyclic) bond motifs is 1. The van der Waals surface area contributed by atoms with Gasteiger partial charge in [-0.2, -0.15) is 0 Å². The zero-order valence-electron chi connectivity index (χ0n) is 20.1. The summed E-state index contributed by atoms with van der Waals surface area (Å²) in [5.41, 5.74) is 4.48. The lowest BCUT2D eigenvalue weighted by Crippen LogP contribution is -2.47. The summed E-state index contributed by atoms with van der Waals surface area (Å²) in [4.78, 5) is 30.1. The first-order chi connectivity index (χ1) is 17.7. The Morgan fingerprint density at radius 1 is 0.917 bits per heavy atom. The van der Waals surface area contributed by atoms with E-state index >= 15 is 0 Å². The second-order valence-corrected chi connectivity index (χ2v) is 9.84. The van der Waals surface area contributed by atoms with Crippen molar-refractivity contribution in [3.8, 4) is 0 Å². The molecule has 2 atom stereocenters. The highest BCUT2D eigenvalue weighted by Crippen LogP contribution is 2.44. The SMILES string of the molecule is COCCN1C(=O)c2ccccc2C(C(=O)Nc2ccc(Cc3ccccc3)cc2)C1c1cccs1. The van der Waals surface area contributed by atoms with Gasteiger partial charge in [-0.05, 0) is 52.8 Å². The van der Waals surface area contributed by atoms with Gasteiger partial charge in [0.05, 0.1) is 18.6 Å². The Hall–Kier alpha value is -3.74. The van der Waals surface area contributed by atoms with E-state index in [-0.39, 0.29) is 11.8 Å². The van der Waals surface area contributed by atoms with Gasteiger partial charge in [-0.25, -0.2) is 0 Å². The van der Waals surface area contributed by atoms with Crippen LogP contribution < -0.4 is 5.32 Å². The van der Waals surface area contributed by atoms with Gasteiger partial charge in [0.15, 0.2) is 0 Å². The molecular weight excluding hydrogens is 468 g/mol. The number of nitrogens with zero attached hydrogens (tertiary/aromatic N) is 1. The quantitative estimate of drug-likeness (QED) is 0.330. The number of carbonyl (C=O) groups excluding carboxylic acids is 2. The Morgan fingerprint density at radius 3 is 2.36 bits per heavy atom. The Morgan fingerprint density at radius 2 is 1.64 bits per heavy atom. The molecule has 2 heterocycles. The summed E-state index contributed by atoms with van der Waals surface area (Å²) in [5, 5.41) is 5.10. The zero-order valence-corrected chi connectivity index (χ0v) is 20.9. The van der Waals surface area contributed by atoms with Crippen LogP contribution in [0.1, 0.15) is 43.9 Å². The fourth-order valence-electron chi connectivity index (χ4n) is 4.84. The highest BCUT2D eigenvalue weighted by atomic mass is 32.1. The van der Waals surface area contributed by atoms with Crippen molar-refractivity contribution in [2.24, 2.45) is 0 Å². The van der Waals surface area contributed by atoms with Crippen LogP contribution in [0.2, 0.25) is 0 Å². The maximum atomic E-state index is 13.9. The molecule has 1 aliphatic rings. The van der Waals surface area contributed by atoms with Crippen LogP contribution in [0.5, 0.6) is 0 Å². The number of hydrogen-bond acceptors (Lipinski definition) is 4. The van der Waals surface area contributed by atoms with Gasteiger partial charge in [-0.15, -0.1) is 11.3 Å². The monoisotopic (exact) mass is 496 g/mol. The molecule has 1 aliphatic heterocycles. The summed E-state index contributed by atoms with van der Waals surface area (Å²) >= 11 is 1.56. The molecule has 0 bridgehead atoms. The number of anilines is 1. The van der Waals surface area contributed by atoms with Crippen molar-refractivity contribution in [3.63, 3.8) is 0 Å². The molecule has 0 radical (unpaired) electrons. The summed E-state index contributed by atoms with van der Waals surface area (Å²) in [6.07, 6.45) is 0.835. The lowest BCUT2D eigenvalue weighted by atomic mass is 9.81. The number of hydrogen-bond donors (Lipinski definition) is 1. The number of carbonyl (C=O) groups is 2. The van der Waals surface area contributed by atoms with Crippen molar-refractivity contribution in [1.29, 1.82) is 0 Å². The van der Waals surface area contributed by atoms with Crippen molar-refractivity contribution in [2.75, 3.05) is 25.6 Å². The zero-order chi connectivity index (χ0) is 24.9. The van der Waals surface area contributed by atoms with E-state index < -0.39 is 12.0 Å². The first-order valence-corrected chi connectivity index (χ1v) is 12.9. The van der Waals surface area contributed by atoms with Gasteiger partial charge in [0.25, 0.3) is 5.91 Å². The van der Waals surface area contributed by atoms with E-state index in [0.717, 1.165) is 22.5 Å². The number of rotatable bonds is 8. The fourth-order valence-corrected chi connectivity index (χ4v) is 5.72. The topological polar surface area (TPSA) is 58.6 Å². The molecule has 1 N–H and O–H groups in total. The largest absolute Gasteiger partial charge is 0.383 e. The summed E-state index contributed by atoms with van der Waals surface area (Å²) in [5.74, 6) is -0.750. The van der Waals surface area contributed by atoms with Crippen molar-refractivity contribution >= 4 is 28.8 Å². The molecule has 0 saturated carbocycles. The molecule has 2 unspecified atom stereocenters. The van der Waals surface area contributed by atoms with Crippen LogP contribution in [-0.2, 0) is 16.0 Å². The van der Waals surface area contributed by atoms with Gasteiger partial charge < -0.3 is 15.0 Å². The lowest BCUT2D eigenvalue weighted by molar-refractivity contribution is -0.119. The van der Waals surface area contributed by atoms with Crippen molar-refractivity contribution in [2.45, 2.75) is 18.4 Å². The van der Waals surface area contributed by atoms with Crippen LogP contribution in [0.4, 0.5) is 5.69 Å². The number of benzene rings is 3. The Bertz CT molecular complexity index is 1320. The Balaban J connectivity index is 1.44. The molecule has 3 aromatic carbocycles. The van der Waals surface area contributed by atoms with E-state index in [1.807, 2.05) is 78.2 Å². The van der Waals surface area contributed by atoms with E-state index in [1.54, 1.807) is 29.4 Å². The van der Waals surface area contributed by atoms with Crippen molar-refractivity contribution < 1.29 is 14.3 Å². The Kier molecular flexibility index (Phi) is 7.26. The second-order valence-electron chi connectivity index (χ2n) is 8.87. The normalized spacial score (nSPS) is 17.0. The van der Waals surface area contributed by atoms with Crippen LogP contribution in [0, 0.1) is 0 Å². The first kappa shape index (κ1) is 24.0. The van der Waals surface area contributed by atoms with Crippen LogP contribution in [0.25, 0.3) is 0 Å². The molecular formula is C30H28N2O3S. The molecule has 5 nitrogen and oxygen atoms in total. The highest BCUT2D eigenvalue weighted by Gasteiger charge is 2.44. The molecule has 6 heteroatoms. The van der Waals surface area contributed by atoms with Gasteiger partial charge in [-0.1, -0.05) is 66.7 Å². The third-order valence-corrected chi connectivity index (χ3v) is 7.51. The minimum absolute atomic E-state index is 0.0737.